The molecule has 1 aromatic heterocycles. The van der Waals surface area contributed by atoms with Crippen molar-refractivity contribution in [2.75, 3.05) is 6.26 Å². The molecule has 1 atom stereocenters. The molecule has 4 nitrogen and oxygen atoms in total. The van der Waals surface area contributed by atoms with Gasteiger partial charge < -0.3 is 4.74 Å². The Morgan fingerprint density at radius 2 is 2.43 bits per heavy atom. The van der Waals surface area contributed by atoms with Gasteiger partial charge in [-0.3, -0.25) is 0 Å². The summed E-state index contributed by atoms with van der Waals surface area (Å²) in [6.45, 7) is 5.07. The predicted octanol–water partition coefficient (Wildman–Crippen LogP) is 2.05. The minimum absolute atomic E-state index is 0.362. The summed E-state index contributed by atoms with van der Waals surface area (Å²) in [6, 6.07) is 0. The zero-order valence-corrected chi connectivity index (χ0v) is 9.52. The Kier molecular flexibility index (Phi) is 4.09. The van der Waals surface area contributed by atoms with Crippen LogP contribution in [0.3, 0.4) is 0 Å². The highest BCUT2D eigenvalue weighted by Crippen LogP contribution is 2.25. The third-order valence-corrected chi connectivity index (χ3v) is 3.46. The SMILES string of the molecule is C=CC(=O)OC(C)c1nnc(SC)s1. The molecular weight excluding hydrogens is 220 g/mol. The Bertz CT molecular complexity index is 338. The molecule has 1 heterocycles. The van der Waals surface area contributed by atoms with Crippen molar-refractivity contribution in [1.82, 2.24) is 10.2 Å². The van der Waals surface area contributed by atoms with Crippen molar-refractivity contribution < 1.29 is 9.53 Å². The van der Waals surface area contributed by atoms with Gasteiger partial charge in [0.2, 0.25) is 0 Å². The van der Waals surface area contributed by atoms with Gasteiger partial charge >= 0.3 is 5.97 Å². The fraction of sp³-hybridized carbons (Fsp3) is 0.375. The van der Waals surface area contributed by atoms with Crippen LogP contribution in [0, 0.1) is 0 Å². The molecule has 0 saturated carbocycles. The van der Waals surface area contributed by atoms with Crippen LogP contribution in [0.4, 0.5) is 0 Å². The number of hydrogen-bond acceptors (Lipinski definition) is 6. The first-order chi connectivity index (χ1) is 6.67. The van der Waals surface area contributed by atoms with E-state index in [1.807, 2.05) is 6.26 Å². The van der Waals surface area contributed by atoms with Gasteiger partial charge in [0.25, 0.3) is 0 Å². The van der Waals surface area contributed by atoms with Gasteiger partial charge in [-0.15, -0.1) is 10.2 Å². The van der Waals surface area contributed by atoms with E-state index in [1.54, 1.807) is 6.92 Å². The Balaban J connectivity index is 2.64. The first kappa shape index (κ1) is 11.2. The average molecular weight is 230 g/mol. The average Bonchev–Trinajstić information content (AvgIpc) is 2.65. The fourth-order valence-corrected chi connectivity index (χ4v) is 2.01. The number of carbonyl (C=O) groups is 1. The predicted molar refractivity (Wildman–Crippen MR) is 56.4 cm³/mol. The third kappa shape index (κ3) is 2.81. The van der Waals surface area contributed by atoms with Gasteiger partial charge in [-0.1, -0.05) is 29.7 Å². The maximum Gasteiger partial charge on any atom is 0.330 e. The van der Waals surface area contributed by atoms with Crippen molar-refractivity contribution >= 4 is 29.1 Å². The first-order valence-electron chi connectivity index (χ1n) is 3.87. The van der Waals surface area contributed by atoms with E-state index >= 15 is 0 Å². The van der Waals surface area contributed by atoms with Crippen LogP contribution in [0.15, 0.2) is 17.0 Å². The number of thioether (sulfide) groups is 1. The van der Waals surface area contributed by atoms with Crippen molar-refractivity contribution in [3.8, 4) is 0 Å². The molecule has 1 unspecified atom stereocenters. The molecule has 14 heavy (non-hydrogen) atoms. The molecule has 1 rings (SSSR count). The van der Waals surface area contributed by atoms with E-state index in [0.29, 0.717) is 5.01 Å². The third-order valence-electron chi connectivity index (χ3n) is 1.40. The number of ether oxygens (including phenoxy) is 1. The van der Waals surface area contributed by atoms with Crippen LogP contribution in [0.25, 0.3) is 0 Å². The van der Waals surface area contributed by atoms with Crippen LogP contribution in [-0.4, -0.2) is 22.4 Å². The minimum Gasteiger partial charge on any atom is -0.452 e. The standard InChI is InChI=1S/C8H10N2O2S2/c1-4-6(11)12-5(2)7-9-10-8(13-3)14-7/h4-5H,1H2,2-3H3. The number of aromatic nitrogens is 2. The topological polar surface area (TPSA) is 52.1 Å². The molecule has 0 bridgehead atoms. The van der Waals surface area contributed by atoms with E-state index < -0.39 is 5.97 Å². The van der Waals surface area contributed by atoms with Crippen molar-refractivity contribution in [2.24, 2.45) is 0 Å². The Hall–Kier alpha value is -0.880. The molecule has 0 amide bonds. The largest absolute Gasteiger partial charge is 0.452 e. The summed E-state index contributed by atoms with van der Waals surface area (Å²) in [5.41, 5.74) is 0. The van der Waals surface area contributed by atoms with Gasteiger partial charge in [-0.05, 0) is 13.2 Å². The summed E-state index contributed by atoms with van der Waals surface area (Å²) in [6.07, 6.45) is 2.69. The summed E-state index contributed by atoms with van der Waals surface area (Å²) < 4.78 is 5.85. The summed E-state index contributed by atoms with van der Waals surface area (Å²) in [4.78, 5) is 10.9. The lowest BCUT2D eigenvalue weighted by Crippen LogP contribution is -2.05. The Morgan fingerprint density at radius 3 is 2.93 bits per heavy atom. The van der Waals surface area contributed by atoms with Gasteiger partial charge in [0, 0.05) is 6.08 Å². The van der Waals surface area contributed by atoms with E-state index in [2.05, 4.69) is 16.8 Å². The highest BCUT2D eigenvalue weighted by Gasteiger charge is 2.14. The minimum atomic E-state index is -0.446. The molecule has 0 aliphatic heterocycles. The molecule has 0 aliphatic rings. The molecule has 0 fully saturated rings. The molecule has 76 valence electrons. The summed E-state index contributed by atoms with van der Waals surface area (Å²) in [5, 5.41) is 8.51. The first-order valence-corrected chi connectivity index (χ1v) is 5.92. The van der Waals surface area contributed by atoms with Crippen molar-refractivity contribution in [3.63, 3.8) is 0 Å². The van der Waals surface area contributed by atoms with Gasteiger partial charge in [0.05, 0.1) is 0 Å². The quantitative estimate of drug-likeness (QED) is 0.450. The second kappa shape index (κ2) is 5.11. The Morgan fingerprint density at radius 1 is 1.71 bits per heavy atom. The van der Waals surface area contributed by atoms with E-state index in [0.717, 1.165) is 10.4 Å². The van der Waals surface area contributed by atoms with Crippen LogP contribution in [0.1, 0.15) is 18.0 Å². The number of carbonyl (C=O) groups excluding carboxylic acids is 1. The maximum atomic E-state index is 10.9. The number of hydrogen-bond donors (Lipinski definition) is 0. The van der Waals surface area contributed by atoms with E-state index in [9.17, 15) is 4.79 Å². The smallest absolute Gasteiger partial charge is 0.330 e. The normalized spacial score (nSPS) is 12.1. The van der Waals surface area contributed by atoms with Crippen LogP contribution < -0.4 is 0 Å². The van der Waals surface area contributed by atoms with Crippen molar-refractivity contribution in [3.05, 3.63) is 17.7 Å². The fourth-order valence-electron chi connectivity index (χ4n) is 0.740. The lowest BCUT2D eigenvalue weighted by molar-refractivity contribution is -0.142. The second-order valence-corrected chi connectivity index (χ2v) is 4.46. The molecule has 6 heteroatoms. The molecule has 0 aromatic carbocycles. The van der Waals surface area contributed by atoms with Gasteiger partial charge in [-0.25, -0.2) is 4.79 Å². The number of esters is 1. The number of rotatable bonds is 4. The second-order valence-electron chi connectivity index (χ2n) is 2.39. The van der Waals surface area contributed by atoms with E-state index in [1.165, 1.54) is 23.1 Å². The van der Waals surface area contributed by atoms with Crippen LogP contribution in [-0.2, 0) is 9.53 Å². The lowest BCUT2D eigenvalue weighted by Gasteiger charge is -2.06. The molecular formula is C8H10N2O2S2. The van der Waals surface area contributed by atoms with Crippen LogP contribution in [0.5, 0.6) is 0 Å². The highest BCUT2D eigenvalue weighted by atomic mass is 32.2. The summed E-state index contributed by atoms with van der Waals surface area (Å²) >= 11 is 2.94. The molecule has 1 aromatic rings. The maximum absolute atomic E-state index is 10.9. The number of nitrogens with zero attached hydrogens (tertiary/aromatic N) is 2. The summed E-state index contributed by atoms with van der Waals surface area (Å²) in [5.74, 6) is -0.446. The van der Waals surface area contributed by atoms with E-state index in [-0.39, 0.29) is 6.10 Å². The monoisotopic (exact) mass is 230 g/mol. The van der Waals surface area contributed by atoms with Gasteiger partial charge in [0.15, 0.2) is 15.5 Å². The summed E-state index contributed by atoms with van der Waals surface area (Å²) in [7, 11) is 0. The molecule has 0 radical (unpaired) electrons. The Labute approximate surface area is 90.4 Å². The molecule has 0 spiro atoms. The highest BCUT2D eigenvalue weighted by molar-refractivity contribution is 8.00. The van der Waals surface area contributed by atoms with Crippen molar-refractivity contribution in [2.45, 2.75) is 17.4 Å². The molecule has 0 aliphatic carbocycles. The van der Waals surface area contributed by atoms with Crippen LogP contribution >= 0.6 is 23.1 Å². The molecule has 0 saturated heterocycles. The van der Waals surface area contributed by atoms with Gasteiger partial charge in [0.1, 0.15) is 0 Å². The van der Waals surface area contributed by atoms with Crippen molar-refractivity contribution in [1.29, 1.82) is 0 Å². The van der Waals surface area contributed by atoms with E-state index in [4.69, 9.17) is 4.74 Å². The zero-order valence-electron chi connectivity index (χ0n) is 7.89. The molecule has 0 N–H and O–H groups in total. The lowest BCUT2D eigenvalue weighted by atomic mass is 10.4. The van der Waals surface area contributed by atoms with Crippen LogP contribution in [0.2, 0.25) is 0 Å². The van der Waals surface area contributed by atoms with Gasteiger partial charge in [-0.2, -0.15) is 0 Å². The zero-order chi connectivity index (χ0) is 10.6.